The van der Waals surface area contributed by atoms with E-state index < -0.39 is 0 Å². The first-order chi connectivity index (χ1) is 8.31. The van der Waals surface area contributed by atoms with E-state index >= 15 is 0 Å². The van der Waals surface area contributed by atoms with Crippen LogP contribution in [0.5, 0.6) is 0 Å². The van der Waals surface area contributed by atoms with Crippen LogP contribution in [0, 0.1) is 11.8 Å². The Balaban J connectivity index is 3.12. The molecule has 0 aliphatic rings. The van der Waals surface area contributed by atoms with E-state index in [1.165, 1.54) is 0 Å². The summed E-state index contributed by atoms with van der Waals surface area (Å²) in [5, 5.41) is 0. The zero-order chi connectivity index (χ0) is 12.8. The summed E-state index contributed by atoms with van der Waals surface area (Å²) >= 11 is 0. The molecule has 0 aliphatic carbocycles. The summed E-state index contributed by atoms with van der Waals surface area (Å²) in [5.41, 5.74) is 5.35. The zero-order valence-corrected chi connectivity index (χ0v) is 11.2. The Morgan fingerprint density at radius 1 is 1.06 bits per heavy atom. The molecule has 0 radical (unpaired) electrons. The van der Waals surface area contributed by atoms with Crippen LogP contribution in [-0.2, 0) is 9.47 Å². The molecule has 0 aliphatic heterocycles. The van der Waals surface area contributed by atoms with Crippen LogP contribution in [0.25, 0.3) is 0 Å². The highest BCUT2D eigenvalue weighted by Crippen LogP contribution is 1.87. The molecule has 0 rings (SSSR count). The van der Waals surface area contributed by atoms with Crippen molar-refractivity contribution in [1.82, 2.24) is 4.90 Å². The van der Waals surface area contributed by atoms with Crippen molar-refractivity contribution in [2.75, 3.05) is 53.1 Å². The highest BCUT2D eigenvalue weighted by atomic mass is 16.5. The summed E-state index contributed by atoms with van der Waals surface area (Å²) in [6.45, 7) is 7.29. The number of nitrogens with zero attached hydrogens (tertiary/aromatic N) is 1. The molecule has 4 heteroatoms. The molecule has 0 fully saturated rings. The normalized spacial score (nSPS) is 10.4. The summed E-state index contributed by atoms with van der Waals surface area (Å²) in [6.07, 6.45) is 1.84. The predicted molar refractivity (Wildman–Crippen MR) is 70.9 cm³/mol. The lowest BCUT2D eigenvalue weighted by Crippen LogP contribution is -2.24. The number of hydrogen-bond donors (Lipinski definition) is 1. The average molecular weight is 242 g/mol. The molecule has 0 bridgehead atoms. The molecule has 0 unspecified atom stereocenters. The van der Waals surface area contributed by atoms with Crippen molar-refractivity contribution in [3.63, 3.8) is 0 Å². The zero-order valence-electron chi connectivity index (χ0n) is 11.2. The Hall–Kier alpha value is -0.600. The largest absolute Gasteiger partial charge is 0.379 e. The monoisotopic (exact) mass is 242 g/mol. The molecule has 0 saturated carbocycles. The van der Waals surface area contributed by atoms with E-state index in [1.54, 1.807) is 0 Å². The first-order valence-corrected chi connectivity index (χ1v) is 6.25. The minimum Gasteiger partial charge on any atom is -0.379 e. The van der Waals surface area contributed by atoms with Gasteiger partial charge < -0.3 is 20.1 Å². The Kier molecular flexibility index (Phi) is 13.0. The quantitative estimate of drug-likeness (QED) is 0.428. The highest BCUT2D eigenvalue weighted by molar-refractivity contribution is 4.95. The van der Waals surface area contributed by atoms with Gasteiger partial charge in [0.15, 0.2) is 0 Å². The van der Waals surface area contributed by atoms with Gasteiger partial charge in [0.25, 0.3) is 0 Å². The maximum atomic E-state index is 5.46. The second-order valence-corrected chi connectivity index (χ2v) is 3.85. The second kappa shape index (κ2) is 13.5. The molecule has 0 atom stereocenters. The summed E-state index contributed by atoms with van der Waals surface area (Å²) in [7, 11) is 2.08. The van der Waals surface area contributed by atoms with Gasteiger partial charge in [-0.2, -0.15) is 0 Å². The van der Waals surface area contributed by atoms with Crippen molar-refractivity contribution < 1.29 is 9.47 Å². The van der Waals surface area contributed by atoms with Crippen LogP contribution >= 0.6 is 0 Å². The lowest BCUT2D eigenvalue weighted by Gasteiger charge is -2.14. The van der Waals surface area contributed by atoms with Crippen LogP contribution in [-0.4, -0.2) is 58.0 Å². The Bertz CT molecular complexity index is 211. The fourth-order valence-electron chi connectivity index (χ4n) is 1.21. The summed E-state index contributed by atoms with van der Waals surface area (Å²) in [4.78, 5) is 2.22. The standard InChI is InChI=1S/C13H26N2O2/c1-3-4-5-8-15(2)9-11-17-13-12-16-10-6-7-14/h5-14H2,1-2H3. The lowest BCUT2D eigenvalue weighted by atomic mass is 10.4. The van der Waals surface area contributed by atoms with Gasteiger partial charge in [0.05, 0.1) is 19.8 Å². The third-order valence-corrected chi connectivity index (χ3v) is 2.28. The molecule has 17 heavy (non-hydrogen) atoms. The molecular formula is C13H26N2O2. The maximum Gasteiger partial charge on any atom is 0.0701 e. The predicted octanol–water partition coefficient (Wildman–Crippen LogP) is 0.714. The summed E-state index contributed by atoms with van der Waals surface area (Å²) in [6, 6.07) is 0. The Labute approximate surface area is 105 Å². The van der Waals surface area contributed by atoms with E-state index in [1.807, 2.05) is 6.92 Å². The van der Waals surface area contributed by atoms with Crippen molar-refractivity contribution in [1.29, 1.82) is 0 Å². The van der Waals surface area contributed by atoms with Crippen LogP contribution in [0.3, 0.4) is 0 Å². The first-order valence-electron chi connectivity index (χ1n) is 6.25. The van der Waals surface area contributed by atoms with Gasteiger partial charge in [-0.25, -0.2) is 0 Å². The molecule has 2 N–H and O–H groups in total. The van der Waals surface area contributed by atoms with Crippen LogP contribution < -0.4 is 5.73 Å². The SMILES string of the molecule is CC#CCCN(C)CCOCCOCCCN. The van der Waals surface area contributed by atoms with Crippen LogP contribution in [0.2, 0.25) is 0 Å². The van der Waals surface area contributed by atoms with Crippen molar-refractivity contribution in [3.05, 3.63) is 0 Å². The lowest BCUT2D eigenvalue weighted by molar-refractivity contribution is 0.0408. The summed E-state index contributed by atoms with van der Waals surface area (Å²) < 4.78 is 10.8. The Morgan fingerprint density at radius 3 is 2.41 bits per heavy atom. The maximum absolute atomic E-state index is 5.46. The van der Waals surface area contributed by atoms with Crippen LogP contribution in [0.1, 0.15) is 19.8 Å². The number of rotatable bonds is 11. The molecule has 4 nitrogen and oxygen atoms in total. The number of hydrogen-bond acceptors (Lipinski definition) is 4. The number of nitrogens with two attached hydrogens (primary N) is 1. The first kappa shape index (κ1) is 16.4. The van der Waals surface area contributed by atoms with E-state index in [0.29, 0.717) is 19.8 Å². The fourth-order valence-corrected chi connectivity index (χ4v) is 1.21. The molecule has 0 aromatic heterocycles. The number of likely N-dealkylation sites (N-methyl/N-ethyl adjacent to an activating group) is 1. The number of ether oxygens (including phenoxy) is 2. The van der Waals surface area contributed by atoms with E-state index in [-0.39, 0.29) is 0 Å². The topological polar surface area (TPSA) is 47.7 Å². The van der Waals surface area contributed by atoms with Gasteiger partial charge in [0.2, 0.25) is 0 Å². The second-order valence-electron chi connectivity index (χ2n) is 3.85. The van der Waals surface area contributed by atoms with Crippen molar-refractivity contribution in [2.24, 2.45) is 5.73 Å². The molecule has 0 amide bonds. The average Bonchev–Trinajstić information content (AvgIpc) is 2.33. The van der Waals surface area contributed by atoms with Crippen molar-refractivity contribution in [3.8, 4) is 11.8 Å². The molecule has 0 heterocycles. The minimum absolute atomic E-state index is 0.658. The minimum atomic E-state index is 0.658. The van der Waals surface area contributed by atoms with E-state index in [2.05, 4.69) is 23.8 Å². The molecule has 0 aromatic rings. The van der Waals surface area contributed by atoms with Crippen molar-refractivity contribution >= 4 is 0 Å². The van der Waals surface area contributed by atoms with E-state index in [4.69, 9.17) is 15.2 Å². The molecule has 0 spiro atoms. The van der Waals surface area contributed by atoms with Crippen LogP contribution in [0.4, 0.5) is 0 Å². The third kappa shape index (κ3) is 13.3. The molecule has 100 valence electrons. The third-order valence-electron chi connectivity index (χ3n) is 2.28. The van der Waals surface area contributed by atoms with Gasteiger partial charge in [0, 0.05) is 26.1 Å². The molecular weight excluding hydrogens is 216 g/mol. The van der Waals surface area contributed by atoms with Crippen molar-refractivity contribution in [2.45, 2.75) is 19.8 Å². The molecule has 0 aromatic carbocycles. The van der Waals surface area contributed by atoms with Crippen LogP contribution in [0.15, 0.2) is 0 Å². The van der Waals surface area contributed by atoms with E-state index in [9.17, 15) is 0 Å². The molecule has 0 saturated heterocycles. The van der Waals surface area contributed by atoms with Gasteiger partial charge in [-0.1, -0.05) is 0 Å². The van der Waals surface area contributed by atoms with Gasteiger partial charge >= 0.3 is 0 Å². The summed E-state index contributed by atoms with van der Waals surface area (Å²) in [5.74, 6) is 5.94. The van der Waals surface area contributed by atoms with E-state index in [0.717, 1.165) is 39.1 Å². The van der Waals surface area contributed by atoms with Gasteiger partial charge in [0.1, 0.15) is 0 Å². The fraction of sp³-hybridized carbons (Fsp3) is 0.846. The smallest absolute Gasteiger partial charge is 0.0701 e. The van der Waals surface area contributed by atoms with Gasteiger partial charge in [-0.05, 0) is 26.9 Å². The van der Waals surface area contributed by atoms with Gasteiger partial charge in [-0.3, -0.25) is 0 Å². The highest BCUT2D eigenvalue weighted by Gasteiger charge is 1.96. The Morgan fingerprint density at radius 2 is 1.76 bits per heavy atom. The van der Waals surface area contributed by atoms with Gasteiger partial charge in [-0.15, -0.1) is 11.8 Å².